The van der Waals surface area contributed by atoms with E-state index < -0.39 is 6.04 Å². The number of hydrogen-bond acceptors (Lipinski definition) is 3. The first-order chi connectivity index (χ1) is 7.09. The van der Waals surface area contributed by atoms with E-state index >= 15 is 0 Å². The molecule has 0 aromatic rings. The molecular weight excluding hydrogens is 190 g/mol. The Morgan fingerprint density at radius 1 is 1.40 bits per heavy atom. The summed E-state index contributed by atoms with van der Waals surface area (Å²) in [6, 6.07) is -0.399. The van der Waals surface area contributed by atoms with Crippen LogP contribution in [0.15, 0.2) is 0 Å². The van der Waals surface area contributed by atoms with Crippen LogP contribution in [0.4, 0.5) is 0 Å². The van der Waals surface area contributed by atoms with Crippen LogP contribution in [0.2, 0.25) is 0 Å². The van der Waals surface area contributed by atoms with Crippen molar-refractivity contribution < 1.29 is 4.79 Å². The molecular formula is C11H23N3O. The first-order valence-corrected chi connectivity index (χ1v) is 5.85. The summed E-state index contributed by atoms with van der Waals surface area (Å²) in [4.78, 5) is 13.7. The Morgan fingerprint density at radius 2 is 2.00 bits per heavy atom. The fourth-order valence-corrected chi connectivity index (χ4v) is 1.91. The lowest BCUT2D eigenvalue weighted by Gasteiger charge is -2.20. The monoisotopic (exact) mass is 213 g/mol. The number of carbonyl (C=O) groups is 1. The number of likely N-dealkylation sites (tertiary alicyclic amines) is 1. The summed E-state index contributed by atoms with van der Waals surface area (Å²) in [6.07, 6.45) is 2.64. The van der Waals surface area contributed by atoms with Gasteiger partial charge in [0.25, 0.3) is 0 Å². The van der Waals surface area contributed by atoms with E-state index in [0.717, 1.165) is 13.1 Å². The molecule has 1 unspecified atom stereocenters. The number of nitrogens with one attached hydrogen (secondary N) is 1. The van der Waals surface area contributed by atoms with Crippen LogP contribution in [0.5, 0.6) is 0 Å². The van der Waals surface area contributed by atoms with E-state index in [0.29, 0.717) is 5.92 Å². The maximum Gasteiger partial charge on any atom is 0.236 e. The Kier molecular flexibility index (Phi) is 5.05. The molecule has 15 heavy (non-hydrogen) atoms. The lowest BCUT2D eigenvalue weighted by atomic mass is 10.1. The average Bonchev–Trinajstić information content (AvgIpc) is 2.66. The van der Waals surface area contributed by atoms with Crippen molar-refractivity contribution in [2.75, 3.05) is 26.2 Å². The van der Waals surface area contributed by atoms with Crippen molar-refractivity contribution in [3.05, 3.63) is 0 Å². The Balaban J connectivity index is 2.12. The van der Waals surface area contributed by atoms with E-state index in [1.165, 1.54) is 25.9 Å². The third kappa shape index (κ3) is 4.62. The SMILES string of the molecule is CC(CNC(=O)[C@H](C)N)CN1CCCC1. The number of nitrogens with zero attached hydrogens (tertiary/aromatic N) is 1. The van der Waals surface area contributed by atoms with E-state index in [1.807, 2.05) is 0 Å². The van der Waals surface area contributed by atoms with Crippen LogP contribution in [-0.4, -0.2) is 43.0 Å². The third-order valence-electron chi connectivity index (χ3n) is 2.81. The molecule has 1 aliphatic rings. The van der Waals surface area contributed by atoms with Crippen molar-refractivity contribution in [2.45, 2.75) is 32.7 Å². The summed E-state index contributed by atoms with van der Waals surface area (Å²) in [7, 11) is 0. The minimum absolute atomic E-state index is 0.0525. The Labute approximate surface area is 92.2 Å². The van der Waals surface area contributed by atoms with Gasteiger partial charge in [-0.2, -0.15) is 0 Å². The quantitative estimate of drug-likeness (QED) is 0.685. The molecule has 0 bridgehead atoms. The molecule has 0 aromatic carbocycles. The number of nitrogens with two attached hydrogens (primary N) is 1. The topological polar surface area (TPSA) is 58.4 Å². The van der Waals surface area contributed by atoms with Gasteiger partial charge in [-0.3, -0.25) is 4.79 Å². The Morgan fingerprint density at radius 3 is 2.53 bits per heavy atom. The summed E-state index contributed by atoms with van der Waals surface area (Å²) in [5.41, 5.74) is 5.46. The smallest absolute Gasteiger partial charge is 0.236 e. The van der Waals surface area contributed by atoms with Gasteiger partial charge in [0.2, 0.25) is 5.91 Å². The average molecular weight is 213 g/mol. The minimum Gasteiger partial charge on any atom is -0.354 e. The van der Waals surface area contributed by atoms with Crippen molar-refractivity contribution in [3.8, 4) is 0 Å². The maximum absolute atomic E-state index is 11.2. The number of rotatable bonds is 5. The predicted octanol–water partition coefficient (Wildman–Crippen LogP) is 0.182. The second kappa shape index (κ2) is 6.08. The summed E-state index contributed by atoms with van der Waals surface area (Å²) in [5.74, 6) is 0.453. The van der Waals surface area contributed by atoms with Gasteiger partial charge < -0.3 is 16.0 Å². The van der Waals surface area contributed by atoms with Crippen molar-refractivity contribution in [1.29, 1.82) is 0 Å². The highest BCUT2D eigenvalue weighted by atomic mass is 16.2. The third-order valence-corrected chi connectivity index (χ3v) is 2.81. The second-order valence-corrected chi connectivity index (χ2v) is 4.65. The zero-order valence-corrected chi connectivity index (χ0v) is 9.83. The second-order valence-electron chi connectivity index (χ2n) is 4.65. The van der Waals surface area contributed by atoms with Crippen LogP contribution >= 0.6 is 0 Å². The van der Waals surface area contributed by atoms with Crippen LogP contribution in [0.1, 0.15) is 26.7 Å². The van der Waals surface area contributed by atoms with Gasteiger partial charge in [-0.05, 0) is 38.8 Å². The molecule has 1 rings (SSSR count). The number of carbonyl (C=O) groups excluding carboxylic acids is 1. The van der Waals surface area contributed by atoms with Gasteiger partial charge in [-0.15, -0.1) is 0 Å². The van der Waals surface area contributed by atoms with Crippen LogP contribution in [0.25, 0.3) is 0 Å². The molecule has 1 amide bonds. The van der Waals surface area contributed by atoms with Gasteiger partial charge >= 0.3 is 0 Å². The highest BCUT2D eigenvalue weighted by Gasteiger charge is 2.15. The molecule has 0 radical (unpaired) electrons. The predicted molar refractivity (Wildman–Crippen MR) is 61.5 cm³/mol. The number of amides is 1. The summed E-state index contributed by atoms with van der Waals surface area (Å²) >= 11 is 0. The van der Waals surface area contributed by atoms with Gasteiger partial charge in [0.15, 0.2) is 0 Å². The van der Waals surface area contributed by atoms with Crippen molar-refractivity contribution in [3.63, 3.8) is 0 Å². The molecule has 0 saturated carbocycles. The van der Waals surface area contributed by atoms with Gasteiger partial charge in [0, 0.05) is 13.1 Å². The lowest BCUT2D eigenvalue weighted by Crippen LogP contribution is -2.41. The lowest BCUT2D eigenvalue weighted by molar-refractivity contribution is -0.122. The highest BCUT2D eigenvalue weighted by Crippen LogP contribution is 2.09. The standard InChI is InChI=1S/C11H23N3O/c1-9(7-13-11(15)10(2)12)8-14-5-3-4-6-14/h9-10H,3-8,12H2,1-2H3,(H,13,15)/t9?,10-/m0/s1. The van der Waals surface area contributed by atoms with Crippen molar-refractivity contribution >= 4 is 5.91 Å². The molecule has 4 heteroatoms. The maximum atomic E-state index is 11.2. The highest BCUT2D eigenvalue weighted by molar-refractivity contribution is 5.80. The van der Waals surface area contributed by atoms with E-state index in [1.54, 1.807) is 6.92 Å². The molecule has 1 heterocycles. The van der Waals surface area contributed by atoms with Gasteiger partial charge in [0.1, 0.15) is 0 Å². The normalized spacial score (nSPS) is 21.3. The van der Waals surface area contributed by atoms with E-state index in [2.05, 4.69) is 17.1 Å². The van der Waals surface area contributed by atoms with Crippen molar-refractivity contribution in [2.24, 2.45) is 11.7 Å². The van der Waals surface area contributed by atoms with E-state index in [4.69, 9.17) is 5.73 Å². The van der Waals surface area contributed by atoms with Crippen LogP contribution in [0, 0.1) is 5.92 Å². The molecule has 0 spiro atoms. The fraction of sp³-hybridized carbons (Fsp3) is 0.909. The molecule has 1 fully saturated rings. The van der Waals surface area contributed by atoms with Crippen LogP contribution in [-0.2, 0) is 4.79 Å². The van der Waals surface area contributed by atoms with Gasteiger partial charge in [-0.1, -0.05) is 6.92 Å². The zero-order valence-electron chi connectivity index (χ0n) is 9.83. The van der Waals surface area contributed by atoms with E-state index in [-0.39, 0.29) is 5.91 Å². The molecule has 0 aromatic heterocycles. The molecule has 1 saturated heterocycles. The fourth-order valence-electron chi connectivity index (χ4n) is 1.91. The molecule has 3 N–H and O–H groups in total. The summed E-state index contributed by atoms with van der Waals surface area (Å²) < 4.78 is 0. The zero-order chi connectivity index (χ0) is 11.3. The summed E-state index contributed by atoms with van der Waals surface area (Å²) in [5, 5.41) is 2.87. The minimum atomic E-state index is -0.399. The molecule has 4 nitrogen and oxygen atoms in total. The van der Waals surface area contributed by atoms with Crippen LogP contribution < -0.4 is 11.1 Å². The first-order valence-electron chi connectivity index (χ1n) is 5.85. The van der Waals surface area contributed by atoms with Crippen LogP contribution in [0.3, 0.4) is 0 Å². The van der Waals surface area contributed by atoms with E-state index in [9.17, 15) is 4.79 Å². The molecule has 88 valence electrons. The Hall–Kier alpha value is -0.610. The molecule has 0 aliphatic carbocycles. The summed E-state index contributed by atoms with van der Waals surface area (Å²) in [6.45, 7) is 8.12. The number of hydrogen-bond donors (Lipinski definition) is 2. The largest absolute Gasteiger partial charge is 0.354 e. The Bertz CT molecular complexity index is 200. The van der Waals surface area contributed by atoms with Gasteiger partial charge in [-0.25, -0.2) is 0 Å². The molecule has 2 atom stereocenters. The van der Waals surface area contributed by atoms with Crippen molar-refractivity contribution in [1.82, 2.24) is 10.2 Å². The van der Waals surface area contributed by atoms with Gasteiger partial charge in [0.05, 0.1) is 6.04 Å². The first kappa shape index (κ1) is 12.5. The molecule has 1 aliphatic heterocycles.